The Bertz CT molecular complexity index is 584. The van der Waals surface area contributed by atoms with Gasteiger partial charge in [-0.25, -0.2) is 0 Å². The number of nitrogen functional groups attached to an aromatic ring is 1. The topological polar surface area (TPSA) is 65.9 Å². The van der Waals surface area contributed by atoms with Crippen LogP contribution in [-0.2, 0) is 6.54 Å². The molecule has 2 N–H and O–H groups in total. The fourth-order valence-electron chi connectivity index (χ4n) is 1.94. The highest BCUT2D eigenvalue weighted by Gasteiger charge is 2.10. The molecule has 0 bridgehead atoms. The van der Waals surface area contributed by atoms with E-state index in [9.17, 15) is 0 Å². The molecule has 0 aliphatic rings. The van der Waals surface area contributed by atoms with Crippen LogP contribution in [0.15, 0.2) is 42.7 Å². The standard InChI is InChI=1S/C15H16N4/c1-2-19(11-12-3-5-14(17)6-4-12)15-10-18-8-7-13(15)9-16/h3-8,10H,2,11,17H2,1H3. The molecule has 0 atom stereocenters. The molecule has 19 heavy (non-hydrogen) atoms. The molecule has 2 rings (SSSR count). The Hall–Kier alpha value is -2.54. The predicted octanol–water partition coefficient (Wildman–Crippen LogP) is 2.56. The van der Waals surface area contributed by atoms with Gasteiger partial charge >= 0.3 is 0 Å². The van der Waals surface area contributed by atoms with Crippen molar-refractivity contribution in [3.05, 3.63) is 53.9 Å². The minimum Gasteiger partial charge on any atom is -0.399 e. The predicted molar refractivity (Wildman–Crippen MR) is 76.5 cm³/mol. The van der Waals surface area contributed by atoms with E-state index in [1.54, 1.807) is 18.5 Å². The fraction of sp³-hybridized carbons (Fsp3) is 0.200. The average Bonchev–Trinajstić information content (AvgIpc) is 2.46. The van der Waals surface area contributed by atoms with Gasteiger partial charge in [0.1, 0.15) is 6.07 Å². The number of benzene rings is 1. The van der Waals surface area contributed by atoms with Gasteiger partial charge in [-0.3, -0.25) is 4.98 Å². The number of hydrogen-bond acceptors (Lipinski definition) is 4. The number of nitriles is 1. The van der Waals surface area contributed by atoms with Crippen LogP contribution in [0, 0.1) is 11.3 Å². The molecule has 4 heteroatoms. The van der Waals surface area contributed by atoms with Gasteiger partial charge in [0.25, 0.3) is 0 Å². The lowest BCUT2D eigenvalue weighted by molar-refractivity contribution is 0.827. The minimum atomic E-state index is 0.646. The van der Waals surface area contributed by atoms with Crippen LogP contribution in [0.5, 0.6) is 0 Å². The first-order chi connectivity index (χ1) is 9.24. The van der Waals surface area contributed by atoms with Crippen molar-refractivity contribution in [3.63, 3.8) is 0 Å². The molecule has 0 aliphatic heterocycles. The molecule has 4 nitrogen and oxygen atoms in total. The summed E-state index contributed by atoms with van der Waals surface area (Å²) in [4.78, 5) is 6.23. The molecule has 0 unspecified atom stereocenters. The summed E-state index contributed by atoms with van der Waals surface area (Å²) in [6.45, 7) is 3.60. The second-order valence-corrected chi connectivity index (χ2v) is 4.26. The Morgan fingerprint density at radius 2 is 2.00 bits per heavy atom. The third kappa shape index (κ3) is 3.02. The van der Waals surface area contributed by atoms with Crippen molar-refractivity contribution in [3.8, 4) is 6.07 Å². The van der Waals surface area contributed by atoms with Crippen molar-refractivity contribution in [1.29, 1.82) is 5.26 Å². The molecule has 0 saturated carbocycles. The van der Waals surface area contributed by atoms with Crippen LogP contribution in [0.1, 0.15) is 18.1 Å². The van der Waals surface area contributed by atoms with Crippen LogP contribution in [0.25, 0.3) is 0 Å². The van der Waals surface area contributed by atoms with E-state index in [1.807, 2.05) is 24.3 Å². The summed E-state index contributed by atoms with van der Waals surface area (Å²) in [5, 5.41) is 9.14. The zero-order chi connectivity index (χ0) is 13.7. The van der Waals surface area contributed by atoms with E-state index in [1.165, 1.54) is 0 Å². The molecular formula is C15H16N4. The third-order valence-corrected chi connectivity index (χ3v) is 3.00. The number of rotatable bonds is 4. The smallest absolute Gasteiger partial charge is 0.101 e. The summed E-state index contributed by atoms with van der Waals surface area (Å²) in [5.74, 6) is 0. The number of nitrogens with zero attached hydrogens (tertiary/aromatic N) is 3. The van der Waals surface area contributed by atoms with Crippen LogP contribution in [0.2, 0.25) is 0 Å². The molecule has 2 aromatic rings. The Morgan fingerprint density at radius 1 is 1.26 bits per heavy atom. The molecule has 0 fully saturated rings. The fourth-order valence-corrected chi connectivity index (χ4v) is 1.94. The maximum atomic E-state index is 9.14. The van der Waals surface area contributed by atoms with E-state index < -0.39 is 0 Å². The van der Waals surface area contributed by atoms with E-state index >= 15 is 0 Å². The van der Waals surface area contributed by atoms with Gasteiger partial charge in [0.2, 0.25) is 0 Å². The van der Waals surface area contributed by atoms with Crippen molar-refractivity contribution in [2.45, 2.75) is 13.5 Å². The normalized spacial score (nSPS) is 9.89. The monoisotopic (exact) mass is 252 g/mol. The van der Waals surface area contributed by atoms with E-state index in [4.69, 9.17) is 11.0 Å². The van der Waals surface area contributed by atoms with Crippen molar-refractivity contribution in [1.82, 2.24) is 4.98 Å². The lowest BCUT2D eigenvalue weighted by Crippen LogP contribution is -2.23. The van der Waals surface area contributed by atoms with E-state index in [0.29, 0.717) is 5.56 Å². The van der Waals surface area contributed by atoms with E-state index in [-0.39, 0.29) is 0 Å². The van der Waals surface area contributed by atoms with Gasteiger partial charge in [-0.2, -0.15) is 5.26 Å². The van der Waals surface area contributed by atoms with Gasteiger partial charge in [-0.15, -0.1) is 0 Å². The third-order valence-electron chi connectivity index (χ3n) is 3.00. The van der Waals surface area contributed by atoms with Gasteiger partial charge < -0.3 is 10.6 Å². The maximum Gasteiger partial charge on any atom is 0.101 e. The SMILES string of the molecule is CCN(Cc1ccc(N)cc1)c1cnccc1C#N. The Labute approximate surface area is 113 Å². The first kappa shape index (κ1) is 12.9. The molecule has 0 aliphatic carbocycles. The van der Waals surface area contributed by atoms with Crippen molar-refractivity contribution >= 4 is 11.4 Å². The Balaban J connectivity index is 2.25. The Morgan fingerprint density at radius 3 is 2.63 bits per heavy atom. The number of aromatic nitrogens is 1. The van der Waals surface area contributed by atoms with Gasteiger partial charge in [0.05, 0.1) is 17.4 Å². The van der Waals surface area contributed by atoms with Crippen LogP contribution < -0.4 is 10.6 Å². The summed E-state index contributed by atoms with van der Waals surface area (Å²) in [5.41, 5.74) is 9.10. The molecule has 0 radical (unpaired) electrons. The first-order valence-corrected chi connectivity index (χ1v) is 6.18. The number of hydrogen-bond donors (Lipinski definition) is 1. The van der Waals surface area contributed by atoms with E-state index in [2.05, 4.69) is 22.9 Å². The molecule has 0 amide bonds. The highest BCUT2D eigenvalue weighted by molar-refractivity contribution is 5.57. The number of pyridine rings is 1. The minimum absolute atomic E-state index is 0.646. The van der Waals surface area contributed by atoms with Gasteiger partial charge in [0.15, 0.2) is 0 Å². The van der Waals surface area contributed by atoms with Gasteiger partial charge in [0, 0.05) is 25.0 Å². The van der Waals surface area contributed by atoms with Crippen molar-refractivity contribution < 1.29 is 0 Å². The molecular weight excluding hydrogens is 236 g/mol. The number of anilines is 2. The van der Waals surface area contributed by atoms with Crippen molar-refractivity contribution in [2.24, 2.45) is 0 Å². The number of nitrogens with two attached hydrogens (primary N) is 1. The summed E-state index contributed by atoms with van der Waals surface area (Å²) in [6.07, 6.45) is 3.37. The zero-order valence-electron chi connectivity index (χ0n) is 10.9. The summed E-state index contributed by atoms with van der Waals surface area (Å²) in [6, 6.07) is 11.7. The molecule has 0 saturated heterocycles. The Kier molecular flexibility index (Phi) is 3.99. The lowest BCUT2D eigenvalue weighted by Gasteiger charge is -2.23. The summed E-state index contributed by atoms with van der Waals surface area (Å²) in [7, 11) is 0. The second kappa shape index (κ2) is 5.87. The molecule has 96 valence electrons. The van der Waals surface area contributed by atoms with Crippen LogP contribution in [0.3, 0.4) is 0 Å². The zero-order valence-corrected chi connectivity index (χ0v) is 10.9. The summed E-state index contributed by atoms with van der Waals surface area (Å²) < 4.78 is 0. The second-order valence-electron chi connectivity index (χ2n) is 4.26. The van der Waals surface area contributed by atoms with Gasteiger partial charge in [-0.1, -0.05) is 12.1 Å². The molecule has 0 spiro atoms. The molecule has 1 aromatic carbocycles. The molecule has 1 aromatic heterocycles. The average molecular weight is 252 g/mol. The van der Waals surface area contributed by atoms with Gasteiger partial charge in [-0.05, 0) is 30.7 Å². The lowest BCUT2D eigenvalue weighted by atomic mass is 10.1. The van der Waals surface area contributed by atoms with Crippen molar-refractivity contribution in [2.75, 3.05) is 17.2 Å². The summed E-state index contributed by atoms with van der Waals surface area (Å²) >= 11 is 0. The van der Waals surface area contributed by atoms with Crippen LogP contribution >= 0.6 is 0 Å². The quantitative estimate of drug-likeness (QED) is 0.849. The highest BCUT2D eigenvalue weighted by Crippen LogP contribution is 2.20. The largest absolute Gasteiger partial charge is 0.399 e. The first-order valence-electron chi connectivity index (χ1n) is 6.18. The van der Waals surface area contributed by atoms with E-state index in [0.717, 1.165) is 30.0 Å². The molecule has 1 heterocycles. The van der Waals surface area contributed by atoms with Crippen LogP contribution in [0.4, 0.5) is 11.4 Å². The maximum absolute atomic E-state index is 9.14. The van der Waals surface area contributed by atoms with Crippen LogP contribution in [-0.4, -0.2) is 11.5 Å². The highest BCUT2D eigenvalue weighted by atomic mass is 15.1.